The summed E-state index contributed by atoms with van der Waals surface area (Å²) in [4.78, 5) is 22.4. The largest absolute Gasteiger partial charge is 0.495 e. The zero-order valence-electron chi connectivity index (χ0n) is 15.6. The molecule has 0 atom stereocenters. The SMILES string of the molecule is COc1ccc(-n2c(N)c(C(=O)NC3CC3)c3nc4ccccc4nc32)cc1Cl. The van der Waals surface area contributed by atoms with E-state index in [1.807, 2.05) is 30.3 Å². The highest BCUT2D eigenvalue weighted by atomic mass is 35.5. The van der Waals surface area contributed by atoms with E-state index in [1.165, 1.54) is 0 Å². The van der Waals surface area contributed by atoms with Crippen molar-refractivity contribution in [2.45, 2.75) is 18.9 Å². The van der Waals surface area contributed by atoms with E-state index in [0.29, 0.717) is 44.2 Å². The molecule has 5 rings (SSSR count). The number of methoxy groups -OCH3 is 1. The first-order chi connectivity index (χ1) is 14.1. The van der Waals surface area contributed by atoms with Crippen molar-refractivity contribution in [2.75, 3.05) is 12.8 Å². The van der Waals surface area contributed by atoms with Crippen LogP contribution in [0.25, 0.3) is 27.9 Å². The first kappa shape index (κ1) is 17.8. The monoisotopic (exact) mass is 407 g/mol. The van der Waals surface area contributed by atoms with E-state index in [1.54, 1.807) is 23.8 Å². The smallest absolute Gasteiger partial charge is 0.257 e. The van der Waals surface area contributed by atoms with Gasteiger partial charge in [0.25, 0.3) is 5.91 Å². The minimum atomic E-state index is -0.238. The van der Waals surface area contributed by atoms with Gasteiger partial charge in [0.15, 0.2) is 5.65 Å². The van der Waals surface area contributed by atoms with E-state index >= 15 is 0 Å². The molecule has 1 aliphatic rings. The van der Waals surface area contributed by atoms with E-state index in [-0.39, 0.29) is 17.8 Å². The van der Waals surface area contributed by atoms with Gasteiger partial charge in [0.2, 0.25) is 0 Å². The van der Waals surface area contributed by atoms with E-state index in [0.717, 1.165) is 12.8 Å². The number of nitrogens with one attached hydrogen (secondary N) is 1. The number of amides is 1. The summed E-state index contributed by atoms with van der Waals surface area (Å²) in [6.07, 6.45) is 1.96. The molecule has 0 saturated heterocycles. The summed E-state index contributed by atoms with van der Waals surface area (Å²) in [6.45, 7) is 0. The van der Waals surface area contributed by atoms with Crippen molar-refractivity contribution in [1.29, 1.82) is 0 Å². The van der Waals surface area contributed by atoms with Crippen LogP contribution in [-0.4, -0.2) is 33.6 Å². The highest BCUT2D eigenvalue weighted by Gasteiger charge is 2.29. The molecular weight excluding hydrogens is 390 g/mol. The summed E-state index contributed by atoms with van der Waals surface area (Å²) >= 11 is 6.33. The van der Waals surface area contributed by atoms with Gasteiger partial charge < -0.3 is 15.8 Å². The highest BCUT2D eigenvalue weighted by Crippen LogP contribution is 2.34. The molecule has 2 aromatic heterocycles. The number of hydrogen-bond donors (Lipinski definition) is 2. The van der Waals surface area contributed by atoms with E-state index in [4.69, 9.17) is 32.0 Å². The topological polar surface area (TPSA) is 95.1 Å². The quantitative estimate of drug-likeness (QED) is 0.537. The standard InChI is InChI=1S/C21H18ClN5O2/c1-29-16-9-8-12(10-13(16)22)27-19(23)17(21(28)24-11-6-7-11)18-20(27)26-15-5-3-2-4-14(15)25-18/h2-5,8-11H,6-7,23H2,1H3,(H,24,28). The molecule has 0 bridgehead atoms. The van der Waals surface area contributed by atoms with Crippen LogP contribution in [0.2, 0.25) is 5.02 Å². The van der Waals surface area contributed by atoms with Gasteiger partial charge in [0.1, 0.15) is 22.6 Å². The van der Waals surface area contributed by atoms with Gasteiger partial charge in [-0.3, -0.25) is 9.36 Å². The fourth-order valence-electron chi connectivity index (χ4n) is 3.43. The lowest BCUT2D eigenvalue weighted by molar-refractivity contribution is 0.0953. The molecule has 146 valence electrons. The van der Waals surface area contributed by atoms with Gasteiger partial charge in [-0.15, -0.1) is 0 Å². The normalized spacial score (nSPS) is 13.7. The van der Waals surface area contributed by atoms with Crippen molar-refractivity contribution in [2.24, 2.45) is 0 Å². The van der Waals surface area contributed by atoms with Gasteiger partial charge in [-0.1, -0.05) is 23.7 Å². The summed E-state index contributed by atoms with van der Waals surface area (Å²) in [6, 6.07) is 13.0. The van der Waals surface area contributed by atoms with Crippen LogP contribution in [-0.2, 0) is 0 Å². The van der Waals surface area contributed by atoms with Crippen LogP contribution in [0.15, 0.2) is 42.5 Å². The fourth-order valence-corrected chi connectivity index (χ4v) is 3.68. The number of ether oxygens (including phenoxy) is 1. The molecule has 0 aliphatic heterocycles. The predicted molar refractivity (Wildman–Crippen MR) is 113 cm³/mol. The maximum absolute atomic E-state index is 13.0. The van der Waals surface area contributed by atoms with Crippen molar-refractivity contribution < 1.29 is 9.53 Å². The summed E-state index contributed by atoms with van der Waals surface area (Å²) in [5.74, 6) is 0.585. The summed E-state index contributed by atoms with van der Waals surface area (Å²) < 4.78 is 6.95. The Hall–Kier alpha value is -3.32. The van der Waals surface area contributed by atoms with Gasteiger partial charge in [-0.2, -0.15) is 0 Å². The van der Waals surface area contributed by atoms with Gasteiger partial charge in [-0.25, -0.2) is 9.97 Å². The molecule has 2 aromatic carbocycles. The molecule has 29 heavy (non-hydrogen) atoms. The first-order valence-electron chi connectivity index (χ1n) is 9.28. The minimum absolute atomic E-state index is 0.198. The molecule has 4 aromatic rings. The van der Waals surface area contributed by atoms with Gasteiger partial charge in [-0.05, 0) is 43.2 Å². The number of benzene rings is 2. The second-order valence-electron chi connectivity index (χ2n) is 7.05. The van der Waals surface area contributed by atoms with Crippen molar-refractivity contribution in [3.63, 3.8) is 0 Å². The third-order valence-electron chi connectivity index (χ3n) is 5.03. The number of halogens is 1. The van der Waals surface area contributed by atoms with E-state index < -0.39 is 0 Å². The number of rotatable bonds is 4. The molecule has 2 heterocycles. The molecule has 1 saturated carbocycles. The predicted octanol–water partition coefficient (Wildman–Crippen LogP) is 3.71. The number of carbonyl (C=O) groups excluding carboxylic acids is 1. The van der Waals surface area contributed by atoms with Crippen LogP contribution in [0, 0.1) is 0 Å². The second kappa shape index (κ2) is 6.63. The van der Waals surface area contributed by atoms with Crippen LogP contribution < -0.4 is 15.8 Å². The number of nitrogen functional groups attached to an aromatic ring is 1. The molecule has 1 aliphatic carbocycles. The Morgan fingerprint density at radius 2 is 1.93 bits per heavy atom. The number of fused-ring (bicyclic) bond motifs is 2. The number of para-hydroxylation sites is 2. The molecule has 7 nitrogen and oxygen atoms in total. The summed E-state index contributed by atoms with van der Waals surface area (Å²) in [7, 11) is 1.55. The zero-order valence-corrected chi connectivity index (χ0v) is 16.4. The Morgan fingerprint density at radius 1 is 1.21 bits per heavy atom. The third-order valence-corrected chi connectivity index (χ3v) is 5.33. The van der Waals surface area contributed by atoms with Crippen molar-refractivity contribution in [3.8, 4) is 11.4 Å². The molecule has 0 radical (unpaired) electrons. The number of carbonyl (C=O) groups is 1. The van der Waals surface area contributed by atoms with Crippen molar-refractivity contribution in [3.05, 3.63) is 53.1 Å². The molecule has 3 N–H and O–H groups in total. The van der Waals surface area contributed by atoms with Crippen LogP contribution in [0.3, 0.4) is 0 Å². The second-order valence-corrected chi connectivity index (χ2v) is 7.45. The van der Waals surface area contributed by atoms with Gasteiger partial charge in [0, 0.05) is 6.04 Å². The van der Waals surface area contributed by atoms with Crippen molar-refractivity contribution in [1.82, 2.24) is 19.9 Å². The maximum Gasteiger partial charge on any atom is 0.257 e. The molecule has 0 spiro atoms. The lowest BCUT2D eigenvalue weighted by Gasteiger charge is -2.10. The molecule has 8 heteroatoms. The number of hydrogen-bond acceptors (Lipinski definition) is 5. The van der Waals surface area contributed by atoms with E-state index in [2.05, 4.69) is 5.32 Å². The minimum Gasteiger partial charge on any atom is -0.495 e. The van der Waals surface area contributed by atoms with Crippen molar-refractivity contribution >= 4 is 45.5 Å². The Bertz CT molecular complexity index is 1280. The molecule has 1 amide bonds. The number of nitrogens with two attached hydrogens (primary N) is 1. The van der Waals surface area contributed by atoms with Gasteiger partial charge >= 0.3 is 0 Å². The highest BCUT2D eigenvalue weighted by molar-refractivity contribution is 6.32. The average molecular weight is 408 g/mol. The lowest BCUT2D eigenvalue weighted by atomic mass is 10.2. The number of anilines is 1. The Balaban J connectivity index is 1.80. The number of aromatic nitrogens is 3. The van der Waals surface area contributed by atoms with Crippen LogP contribution in [0.1, 0.15) is 23.2 Å². The first-order valence-corrected chi connectivity index (χ1v) is 9.66. The van der Waals surface area contributed by atoms with E-state index in [9.17, 15) is 4.79 Å². The van der Waals surface area contributed by atoms with Crippen LogP contribution in [0.4, 0.5) is 5.82 Å². The summed E-state index contributed by atoms with van der Waals surface area (Å²) in [5.41, 5.74) is 9.86. The third kappa shape index (κ3) is 2.94. The lowest BCUT2D eigenvalue weighted by Crippen LogP contribution is -2.26. The Labute approximate surface area is 171 Å². The fraction of sp³-hybridized carbons (Fsp3) is 0.190. The zero-order chi connectivity index (χ0) is 20.1. The van der Waals surface area contributed by atoms with Crippen LogP contribution in [0.5, 0.6) is 5.75 Å². The van der Waals surface area contributed by atoms with Crippen LogP contribution >= 0.6 is 11.6 Å². The summed E-state index contributed by atoms with van der Waals surface area (Å²) in [5, 5.41) is 3.43. The average Bonchev–Trinajstić information content (AvgIpc) is 3.47. The Morgan fingerprint density at radius 3 is 2.59 bits per heavy atom. The molecular formula is C21H18ClN5O2. The molecule has 1 fully saturated rings. The molecule has 0 unspecified atom stereocenters. The Kier molecular flexibility index (Phi) is 4.06. The van der Waals surface area contributed by atoms with Gasteiger partial charge in [0.05, 0.1) is 28.9 Å². The number of nitrogens with zero attached hydrogens (tertiary/aromatic N) is 3. The maximum atomic E-state index is 13.0.